The quantitative estimate of drug-likeness (QED) is 0.869. The molecular weight excluding hydrogens is 238 g/mol. The van der Waals surface area contributed by atoms with Gasteiger partial charge in [0.05, 0.1) is 12.7 Å². The van der Waals surface area contributed by atoms with E-state index in [1.807, 2.05) is 4.90 Å². The third-order valence-corrected chi connectivity index (χ3v) is 3.70. The lowest BCUT2D eigenvalue weighted by Gasteiger charge is -2.32. The van der Waals surface area contributed by atoms with Crippen molar-refractivity contribution in [2.45, 2.75) is 26.0 Å². The highest BCUT2D eigenvalue weighted by Crippen LogP contribution is 2.14. The van der Waals surface area contributed by atoms with Crippen LogP contribution in [-0.2, 0) is 11.3 Å². The first-order valence-corrected chi connectivity index (χ1v) is 6.68. The first kappa shape index (κ1) is 12.5. The first-order valence-electron chi connectivity index (χ1n) is 5.80. The molecule has 1 aliphatic heterocycles. The van der Waals surface area contributed by atoms with Crippen molar-refractivity contribution in [2.24, 2.45) is 5.73 Å². The fourth-order valence-corrected chi connectivity index (χ4v) is 2.46. The molecule has 1 aromatic heterocycles. The molecule has 0 aliphatic carbocycles. The molecular formula is C11H17N3O2S. The van der Waals surface area contributed by atoms with E-state index in [1.165, 1.54) is 11.3 Å². The van der Waals surface area contributed by atoms with Gasteiger partial charge in [-0.15, -0.1) is 11.3 Å². The van der Waals surface area contributed by atoms with E-state index >= 15 is 0 Å². The highest BCUT2D eigenvalue weighted by atomic mass is 32.1. The van der Waals surface area contributed by atoms with Gasteiger partial charge < -0.3 is 15.4 Å². The van der Waals surface area contributed by atoms with E-state index < -0.39 is 0 Å². The Hall–Kier alpha value is -0.980. The van der Waals surface area contributed by atoms with E-state index in [-0.39, 0.29) is 12.0 Å². The van der Waals surface area contributed by atoms with E-state index in [2.05, 4.69) is 11.9 Å². The van der Waals surface area contributed by atoms with Gasteiger partial charge in [-0.3, -0.25) is 4.79 Å². The van der Waals surface area contributed by atoms with Gasteiger partial charge in [-0.25, -0.2) is 4.98 Å². The number of ether oxygens (including phenoxy) is 1. The number of thiazole rings is 1. The number of carbonyl (C=O) groups excluding carboxylic acids is 1. The van der Waals surface area contributed by atoms with E-state index in [0.717, 1.165) is 11.4 Å². The van der Waals surface area contributed by atoms with Crippen molar-refractivity contribution in [2.75, 3.05) is 19.7 Å². The molecule has 0 spiro atoms. The maximum atomic E-state index is 12.2. The van der Waals surface area contributed by atoms with Crippen molar-refractivity contribution < 1.29 is 9.53 Å². The van der Waals surface area contributed by atoms with Gasteiger partial charge in [-0.2, -0.15) is 0 Å². The van der Waals surface area contributed by atoms with Crippen LogP contribution in [0.3, 0.4) is 0 Å². The zero-order chi connectivity index (χ0) is 12.3. The molecule has 1 aliphatic rings. The highest BCUT2D eigenvalue weighted by molar-refractivity contribution is 7.09. The Labute approximate surface area is 105 Å². The fourth-order valence-electron chi connectivity index (χ4n) is 1.82. The van der Waals surface area contributed by atoms with Crippen molar-refractivity contribution in [3.8, 4) is 0 Å². The molecule has 0 aromatic carbocycles. The molecule has 1 atom stereocenters. The molecule has 5 nitrogen and oxygen atoms in total. The minimum absolute atomic E-state index is 0.0114. The molecule has 1 fully saturated rings. The first-order chi connectivity index (χ1) is 8.24. The van der Waals surface area contributed by atoms with Crippen LogP contribution in [0.2, 0.25) is 0 Å². The average Bonchev–Trinajstić information content (AvgIpc) is 2.86. The van der Waals surface area contributed by atoms with Crippen molar-refractivity contribution in [3.63, 3.8) is 0 Å². The standard InChI is InChI=1S/C11H17N3O2S/c1-2-8-6-14(3-4-16-8)11(15)9-7-17-10(5-12)13-9/h7-8H,2-6,12H2,1H3. The van der Waals surface area contributed by atoms with Gasteiger partial charge in [0.2, 0.25) is 0 Å². The summed E-state index contributed by atoms with van der Waals surface area (Å²) < 4.78 is 5.54. The van der Waals surface area contributed by atoms with Crippen LogP contribution in [0.5, 0.6) is 0 Å². The summed E-state index contributed by atoms with van der Waals surface area (Å²) in [7, 11) is 0. The van der Waals surface area contributed by atoms with Crippen LogP contribution in [0.4, 0.5) is 0 Å². The second kappa shape index (κ2) is 5.57. The third kappa shape index (κ3) is 2.83. The zero-order valence-electron chi connectivity index (χ0n) is 9.89. The molecule has 0 radical (unpaired) electrons. The summed E-state index contributed by atoms with van der Waals surface area (Å²) in [4.78, 5) is 18.2. The lowest BCUT2D eigenvalue weighted by molar-refractivity contribution is -0.0227. The normalized spacial score (nSPS) is 20.6. The van der Waals surface area contributed by atoms with Crippen LogP contribution in [0, 0.1) is 0 Å². The van der Waals surface area contributed by atoms with E-state index in [0.29, 0.717) is 31.9 Å². The summed E-state index contributed by atoms with van der Waals surface area (Å²) in [5.41, 5.74) is 6.00. The van der Waals surface area contributed by atoms with Crippen LogP contribution in [0.1, 0.15) is 28.8 Å². The summed E-state index contributed by atoms with van der Waals surface area (Å²) in [5, 5.41) is 2.58. The fraction of sp³-hybridized carbons (Fsp3) is 0.636. The molecule has 1 aromatic rings. The van der Waals surface area contributed by atoms with Crippen LogP contribution < -0.4 is 5.73 Å². The molecule has 2 heterocycles. The van der Waals surface area contributed by atoms with Gasteiger partial charge in [0, 0.05) is 25.0 Å². The van der Waals surface area contributed by atoms with Crippen molar-refractivity contribution in [3.05, 3.63) is 16.1 Å². The predicted octanol–water partition coefficient (Wildman–Crippen LogP) is 0.853. The largest absolute Gasteiger partial charge is 0.375 e. The van der Waals surface area contributed by atoms with Crippen LogP contribution in [-0.4, -0.2) is 41.6 Å². The highest BCUT2D eigenvalue weighted by Gasteiger charge is 2.25. The molecule has 2 N–H and O–H groups in total. The maximum Gasteiger partial charge on any atom is 0.273 e. The van der Waals surface area contributed by atoms with Crippen LogP contribution in [0.15, 0.2) is 5.38 Å². The Morgan fingerprint density at radius 3 is 3.24 bits per heavy atom. The number of carbonyl (C=O) groups is 1. The molecule has 1 unspecified atom stereocenters. The number of amides is 1. The second-order valence-corrected chi connectivity index (χ2v) is 4.93. The van der Waals surface area contributed by atoms with Gasteiger partial charge in [0.15, 0.2) is 0 Å². The van der Waals surface area contributed by atoms with E-state index in [9.17, 15) is 4.79 Å². The zero-order valence-corrected chi connectivity index (χ0v) is 10.7. The number of rotatable bonds is 3. The van der Waals surface area contributed by atoms with E-state index in [1.54, 1.807) is 5.38 Å². The Bertz CT molecular complexity index is 394. The Morgan fingerprint density at radius 2 is 2.59 bits per heavy atom. The van der Waals surface area contributed by atoms with Gasteiger partial charge in [0.1, 0.15) is 10.7 Å². The van der Waals surface area contributed by atoms with Crippen LogP contribution >= 0.6 is 11.3 Å². The second-order valence-electron chi connectivity index (χ2n) is 3.98. The average molecular weight is 255 g/mol. The van der Waals surface area contributed by atoms with Gasteiger partial charge in [0.25, 0.3) is 5.91 Å². The molecule has 94 valence electrons. The summed E-state index contributed by atoms with van der Waals surface area (Å²) >= 11 is 1.43. The lowest BCUT2D eigenvalue weighted by atomic mass is 10.2. The number of nitrogens with zero attached hydrogens (tertiary/aromatic N) is 2. The van der Waals surface area contributed by atoms with Crippen LogP contribution in [0.25, 0.3) is 0 Å². The minimum Gasteiger partial charge on any atom is -0.375 e. The maximum absolute atomic E-state index is 12.2. The SMILES string of the molecule is CCC1CN(C(=O)c2csc(CN)n2)CCO1. The minimum atomic E-state index is -0.0114. The number of aromatic nitrogens is 1. The molecule has 17 heavy (non-hydrogen) atoms. The number of morpholine rings is 1. The summed E-state index contributed by atoms with van der Waals surface area (Å²) in [6.07, 6.45) is 1.08. The smallest absolute Gasteiger partial charge is 0.273 e. The monoisotopic (exact) mass is 255 g/mol. The number of hydrogen-bond acceptors (Lipinski definition) is 5. The summed E-state index contributed by atoms with van der Waals surface area (Å²) in [6.45, 7) is 4.36. The number of hydrogen-bond donors (Lipinski definition) is 1. The molecule has 6 heteroatoms. The molecule has 0 saturated carbocycles. The molecule has 0 bridgehead atoms. The Morgan fingerprint density at radius 1 is 1.76 bits per heavy atom. The Kier molecular flexibility index (Phi) is 4.09. The van der Waals surface area contributed by atoms with Crippen molar-refractivity contribution >= 4 is 17.2 Å². The molecule has 1 amide bonds. The predicted molar refractivity (Wildman–Crippen MR) is 65.9 cm³/mol. The van der Waals surface area contributed by atoms with Crippen molar-refractivity contribution in [1.82, 2.24) is 9.88 Å². The molecule has 1 saturated heterocycles. The summed E-state index contributed by atoms with van der Waals surface area (Å²) in [6, 6.07) is 0. The molecule has 2 rings (SSSR count). The lowest BCUT2D eigenvalue weighted by Crippen LogP contribution is -2.45. The third-order valence-electron chi connectivity index (χ3n) is 2.83. The van der Waals surface area contributed by atoms with Gasteiger partial charge in [-0.1, -0.05) is 6.92 Å². The van der Waals surface area contributed by atoms with Gasteiger partial charge >= 0.3 is 0 Å². The Balaban J connectivity index is 2.03. The van der Waals surface area contributed by atoms with Crippen molar-refractivity contribution in [1.29, 1.82) is 0 Å². The number of nitrogens with two attached hydrogens (primary N) is 1. The topological polar surface area (TPSA) is 68.5 Å². The van der Waals surface area contributed by atoms with Gasteiger partial charge in [-0.05, 0) is 6.42 Å². The summed E-state index contributed by atoms with van der Waals surface area (Å²) in [5.74, 6) is -0.0114. The van der Waals surface area contributed by atoms with E-state index in [4.69, 9.17) is 10.5 Å².